The van der Waals surface area contributed by atoms with Gasteiger partial charge < -0.3 is 15.8 Å². The standard InChI is InChI=1S/C16H26N2O2/c1-10(2)9-18-16(19)13(5)20-15-11(3)6-14(8-17)7-12(15)4/h6-7,10,13H,8-9,17H2,1-5H3,(H,18,19). The Morgan fingerprint density at radius 2 is 1.80 bits per heavy atom. The van der Waals surface area contributed by atoms with E-state index in [1.165, 1.54) is 0 Å². The van der Waals surface area contributed by atoms with Crippen LogP contribution < -0.4 is 15.8 Å². The normalized spacial score (nSPS) is 12.3. The van der Waals surface area contributed by atoms with Gasteiger partial charge in [0.2, 0.25) is 0 Å². The number of nitrogens with two attached hydrogens (primary N) is 1. The van der Waals surface area contributed by atoms with Crippen LogP contribution in [0.15, 0.2) is 12.1 Å². The van der Waals surface area contributed by atoms with Crippen LogP contribution >= 0.6 is 0 Å². The van der Waals surface area contributed by atoms with Gasteiger partial charge in [0.15, 0.2) is 6.10 Å². The van der Waals surface area contributed by atoms with Crippen LogP contribution in [0.25, 0.3) is 0 Å². The molecule has 4 nitrogen and oxygen atoms in total. The average Bonchev–Trinajstić information content (AvgIpc) is 2.39. The molecule has 1 aromatic carbocycles. The summed E-state index contributed by atoms with van der Waals surface area (Å²) in [5, 5.41) is 2.88. The first-order chi connectivity index (χ1) is 9.35. The van der Waals surface area contributed by atoms with E-state index in [9.17, 15) is 4.79 Å². The van der Waals surface area contributed by atoms with E-state index in [0.29, 0.717) is 19.0 Å². The lowest BCUT2D eigenvalue weighted by Crippen LogP contribution is -2.38. The van der Waals surface area contributed by atoms with Crippen molar-refractivity contribution >= 4 is 5.91 Å². The average molecular weight is 278 g/mol. The molecule has 1 rings (SSSR count). The van der Waals surface area contributed by atoms with Crippen molar-refractivity contribution in [3.63, 3.8) is 0 Å². The Kier molecular flexibility index (Phi) is 6.02. The van der Waals surface area contributed by atoms with Gasteiger partial charge in [-0.25, -0.2) is 0 Å². The Bertz CT molecular complexity index is 447. The summed E-state index contributed by atoms with van der Waals surface area (Å²) in [4.78, 5) is 11.9. The lowest BCUT2D eigenvalue weighted by Gasteiger charge is -2.19. The van der Waals surface area contributed by atoms with Gasteiger partial charge in [0.05, 0.1) is 0 Å². The van der Waals surface area contributed by atoms with E-state index in [4.69, 9.17) is 10.5 Å². The largest absolute Gasteiger partial charge is 0.480 e. The molecule has 1 unspecified atom stereocenters. The SMILES string of the molecule is Cc1cc(CN)cc(C)c1OC(C)C(=O)NCC(C)C. The number of aryl methyl sites for hydroxylation is 2. The van der Waals surface area contributed by atoms with Crippen LogP contribution in [0.5, 0.6) is 5.75 Å². The van der Waals surface area contributed by atoms with Crippen molar-refractivity contribution in [2.75, 3.05) is 6.54 Å². The summed E-state index contributed by atoms with van der Waals surface area (Å²) in [6, 6.07) is 4.00. The molecule has 1 atom stereocenters. The molecule has 0 aliphatic heterocycles. The summed E-state index contributed by atoms with van der Waals surface area (Å²) < 4.78 is 5.82. The molecule has 1 aromatic rings. The number of carbonyl (C=O) groups is 1. The number of nitrogens with one attached hydrogen (secondary N) is 1. The molecule has 1 amide bonds. The molecule has 20 heavy (non-hydrogen) atoms. The molecule has 0 heterocycles. The molecule has 0 fully saturated rings. The molecular weight excluding hydrogens is 252 g/mol. The maximum Gasteiger partial charge on any atom is 0.260 e. The van der Waals surface area contributed by atoms with E-state index < -0.39 is 6.10 Å². The van der Waals surface area contributed by atoms with Gasteiger partial charge in [0.1, 0.15) is 5.75 Å². The third-order valence-electron chi connectivity index (χ3n) is 3.10. The monoisotopic (exact) mass is 278 g/mol. The van der Waals surface area contributed by atoms with Crippen molar-refractivity contribution in [3.8, 4) is 5.75 Å². The van der Waals surface area contributed by atoms with Gasteiger partial charge in [-0.15, -0.1) is 0 Å². The first-order valence-corrected chi connectivity index (χ1v) is 7.09. The molecule has 3 N–H and O–H groups in total. The highest BCUT2D eigenvalue weighted by molar-refractivity contribution is 5.80. The van der Waals surface area contributed by atoms with Crippen LogP contribution in [-0.4, -0.2) is 18.6 Å². The second-order valence-electron chi connectivity index (χ2n) is 5.66. The lowest BCUT2D eigenvalue weighted by molar-refractivity contribution is -0.127. The van der Waals surface area contributed by atoms with Crippen molar-refractivity contribution in [1.82, 2.24) is 5.32 Å². The Morgan fingerprint density at radius 3 is 2.25 bits per heavy atom. The number of benzene rings is 1. The first-order valence-electron chi connectivity index (χ1n) is 7.09. The third kappa shape index (κ3) is 4.53. The molecule has 0 aliphatic rings. The fourth-order valence-corrected chi connectivity index (χ4v) is 2.02. The van der Waals surface area contributed by atoms with Crippen molar-refractivity contribution in [3.05, 3.63) is 28.8 Å². The molecular formula is C16H26N2O2. The minimum Gasteiger partial charge on any atom is -0.480 e. The quantitative estimate of drug-likeness (QED) is 0.839. The zero-order valence-corrected chi connectivity index (χ0v) is 13.1. The van der Waals surface area contributed by atoms with Gasteiger partial charge in [-0.2, -0.15) is 0 Å². The van der Waals surface area contributed by atoms with Crippen molar-refractivity contribution < 1.29 is 9.53 Å². The van der Waals surface area contributed by atoms with E-state index in [-0.39, 0.29) is 5.91 Å². The minimum atomic E-state index is -0.505. The predicted molar refractivity (Wildman–Crippen MR) is 81.7 cm³/mol. The van der Waals surface area contributed by atoms with Crippen LogP contribution in [-0.2, 0) is 11.3 Å². The first kappa shape index (κ1) is 16.5. The van der Waals surface area contributed by atoms with E-state index in [2.05, 4.69) is 19.2 Å². The second kappa shape index (κ2) is 7.29. The topological polar surface area (TPSA) is 64.3 Å². The summed E-state index contributed by atoms with van der Waals surface area (Å²) in [6.07, 6.45) is -0.505. The van der Waals surface area contributed by atoms with Crippen LogP contribution in [0.3, 0.4) is 0 Å². The predicted octanol–water partition coefficient (Wildman–Crippen LogP) is 2.30. The highest BCUT2D eigenvalue weighted by Gasteiger charge is 2.17. The van der Waals surface area contributed by atoms with Crippen LogP contribution in [0.1, 0.15) is 37.5 Å². The highest BCUT2D eigenvalue weighted by Crippen LogP contribution is 2.25. The molecule has 0 saturated heterocycles. The van der Waals surface area contributed by atoms with Gasteiger partial charge in [-0.3, -0.25) is 4.79 Å². The molecule has 0 spiro atoms. The van der Waals surface area contributed by atoms with Gasteiger partial charge >= 0.3 is 0 Å². The molecule has 0 radical (unpaired) electrons. The zero-order valence-electron chi connectivity index (χ0n) is 13.1. The number of carbonyl (C=O) groups excluding carboxylic acids is 1. The summed E-state index contributed by atoms with van der Waals surface area (Å²) in [5.74, 6) is 1.12. The number of hydrogen-bond donors (Lipinski definition) is 2. The van der Waals surface area contributed by atoms with Crippen molar-refractivity contribution in [2.45, 2.75) is 47.3 Å². The Morgan fingerprint density at radius 1 is 1.25 bits per heavy atom. The minimum absolute atomic E-state index is 0.0830. The summed E-state index contributed by atoms with van der Waals surface area (Å²) in [7, 11) is 0. The zero-order chi connectivity index (χ0) is 15.3. The molecule has 4 heteroatoms. The Hall–Kier alpha value is -1.55. The number of ether oxygens (including phenoxy) is 1. The molecule has 0 saturated carbocycles. The molecule has 0 bridgehead atoms. The number of hydrogen-bond acceptors (Lipinski definition) is 3. The fraction of sp³-hybridized carbons (Fsp3) is 0.562. The van der Waals surface area contributed by atoms with E-state index in [1.54, 1.807) is 6.92 Å². The van der Waals surface area contributed by atoms with Crippen molar-refractivity contribution in [1.29, 1.82) is 0 Å². The van der Waals surface area contributed by atoms with Crippen LogP contribution in [0.2, 0.25) is 0 Å². The van der Waals surface area contributed by atoms with E-state index in [1.807, 2.05) is 26.0 Å². The van der Waals surface area contributed by atoms with Crippen LogP contribution in [0.4, 0.5) is 0 Å². The van der Waals surface area contributed by atoms with Gasteiger partial charge in [-0.1, -0.05) is 26.0 Å². The summed E-state index contributed by atoms with van der Waals surface area (Å²) in [6.45, 7) is 11.0. The third-order valence-corrected chi connectivity index (χ3v) is 3.10. The molecule has 112 valence electrons. The Labute approximate surface area is 121 Å². The maximum absolute atomic E-state index is 11.9. The molecule has 0 aromatic heterocycles. The summed E-state index contributed by atoms with van der Waals surface area (Å²) in [5.41, 5.74) is 8.74. The van der Waals surface area contributed by atoms with E-state index in [0.717, 1.165) is 22.4 Å². The van der Waals surface area contributed by atoms with Crippen molar-refractivity contribution in [2.24, 2.45) is 11.7 Å². The molecule has 0 aliphatic carbocycles. The number of rotatable bonds is 6. The highest BCUT2D eigenvalue weighted by atomic mass is 16.5. The smallest absolute Gasteiger partial charge is 0.260 e. The van der Waals surface area contributed by atoms with Crippen LogP contribution in [0, 0.1) is 19.8 Å². The van der Waals surface area contributed by atoms with Gasteiger partial charge in [0.25, 0.3) is 5.91 Å². The second-order valence-corrected chi connectivity index (χ2v) is 5.66. The van der Waals surface area contributed by atoms with E-state index >= 15 is 0 Å². The Balaban J connectivity index is 2.75. The maximum atomic E-state index is 11.9. The number of amides is 1. The van der Waals surface area contributed by atoms with Gasteiger partial charge in [-0.05, 0) is 43.4 Å². The summed E-state index contributed by atoms with van der Waals surface area (Å²) >= 11 is 0. The van der Waals surface area contributed by atoms with Gasteiger partial charge in [0, 0.05) is 13.1 Å². The fourth-order valence-electron chi connectivity index (χ4n) is 2.02. The lowest BCUT2D eigenvalue weighted by atomic mass is 10.1.